The largest absolute Gasteiger partial charge is 0.491 e. The molecular weight excluding hydrogens is 283 g/mol. The highest BCUT2D eigenvalue weighted by Gasteiger charge is 2.21. The average Bonchev–Trinajstić information content (AvgIpc) is 2.83. The molecule has 0 bridgehead atoms. The first kappa shape index (κ1) is 15.5. The van der Waals surface area contributed by atoms with Crippen molar-refractivity contribution in [3.05, 3.63) is 29.0 Å². The monoisotopic (exact) mass is 302 g/mol. The van der Waals surface area contributed by atoms with Crippen LogP contribution in [0, 0.1) is 5.82 Å². The standard InChI is InChI=1S/C14H20ClFN2O2/c15-13-4-3-12(6-14(13)16)20-8-11(19)7-18-10-2-1-9(17)5-10/h3-4,6,9-11,18-19H,1-2,5,7-8,17H2/t9?,10-,11+/m0/s1. The number of nitrogens with one attached hydrogen (secondary N) is 1. The summed E-state index contributed by atoms with van der Waals surface area (Å²) in [5.74, 6) is -0.175. The Hall–Kier alpha value is -0.880. The third kappa shape index (κ3) is 4.59. The Morgan fingerprint density at radius 2 is 2.30 bits per heavy atom. The maximum Gasteiger partial charge on any atom is 0.145 e. The number of hydrogen-bond donors (Lipinski definition) is 3. The molecule has 3 atom stereocenters. The minimum atomic E-state index is -0.648. The molecule has 0 heterocycles. The SMILES string of the molecule is NC1CC[C@H](NC[C@@H](O)COc2ccc(Cl)c(F)c2)C1. The Balaban J connectivity index is 1.69. The predicted octanol–water partition coefficient (Wildman–Crippen LogP) is 1.69. The fourth-order valence-corrected chi connectivity index (χ4v) is 2.44. The Kier molecular flexibility index (Phi) is 5.60. The van der Waals surface area contributed by atoms with E-state index >= 15 is 0 Å². The first-order chi connectivity index (χ1) is 9.54. The molecule has 0 saturated heterocycles. The number of halogens is 2. The van der Waals surface area contributed by atoms with Crippen molar-refractivity contribution in [1.29, 1.82) is 0 Å². The van der Waals surface area contributed by atoms with Crippen molar-refractivity contribution < 1.29 is 14.2 Å². The normalized spacial score (nSPS) is 23.8. The van der Waals surface area contributed by atoms with Crippen LogP contribution in [0.4, 0.5) is 4.39 Å². The van der Waals surface area contributed by atoms with Crippen molar-refractivity contribution in [3.63, 3.8) is 0 Å². The van der Waals surface area contributed by atoms with Gasteiger partial charge in [-0.25, -0.2) is 4.39 Å². The highest BCUT2D eigenvalue weighted by atomic mass is 35.5. The van der Waals surface area contributed by atoms with Gasteiger partial charge in [0.05, 0.1) is 5.02 Å². The number of aliphatic hydroxyl groups excluding tert-OH is 1. The minimum absolute atomic E-state index is 0.0529. The number of rotatable bonds is 6. The molecule has 20 heavy (non-hydrogen) atoms. The van der Waals surface area contributed by atoms with Crippen LogP contribution in [-0.4, -0.2) is 36.4 Å². The lowest BCUT2D eigenvalue weighted by atomic mass is 10.2. The Morgan fingerprint density at radius 1 is 1.50 bits per heavy atom. The summed E-state index contributed by atoms with van der Waals surface area (Å²) >= 11 is 5.58. The number of nitrogens with two attached hydrogens (primary N) is 1. The van der Waals surface area contributed by atoms with E-state index in [1.165, 1.54) is 12.1 Å². The molecule has 1 saturated carbocycles. The van der Waals surface area contributed by atoms with Gasteiger partial charge in [0.1, 0.15) is 24.3 Å². The lowest BCUT2D eigenvalue weighted by Crippen LogP contribution is -2.37. The first-order valence-corrected chi connectivity index (χ1v) is 7.17. The van der Waals surface area contributed by atoms with Crippen molar-refractivity contribution in [2.75, 3.05) is 13.2 Å². The van der Waals surface area contributed by atoms with Crippen LogP contribution in [-0.2, 0) is 0 Å². The molecule has 0 aromatic heterocycles. The van der Waals surface area contributed by atoms with E-state index in [4.69, 9.17) is 22.1 Å². The molecular formula is C14H20ClFN2O2. The van der Waals surface area contributed by atoms with Crippen molar-refractivity contribution in [2.24, 2.45) is 5.73 Å². The van der Waals surface area contributed by atoms with E-state index in [0.717, 1.165) is 19.3 Å². The summed E-state index contributed by atoms with van der Waals surface area (Å²) in [4.78, 5) is 0. The van der Waals surface area contributed by atoms with Gasteiger partial charge in [0.25, 0.3) is 0 Å². The van der Waals surface area contributed by atoms with E-state index in [9.17, 15) is 9.50 Å². The number of hydrogen-bond acceptors (Lipinski definition) is 4. The average molecular weight is 303 g/mol. The van der Waals surface area contributed by atoms with E-state index in [-0.39, 0.29) is 17.7 Å². The van der Waals surface area contributed by atoms with Gasteiger partial charge >= 0.3 is 0 Å². The van der Waals surface area contributed by atoms with Gasteiger partial charge in [0.15, 0.2) is 0 Å². The molecule has 4 N–H and O–H groups in total. The van der Waals surface area contributed by atoms with Crippen LogP contribution in [0.5, 0.6) is 5.75 Å². The topological polar surface area (TPSA) is 67.5 Å². The highest BCUT2D eigenvalue weighted by Crippen LogP contribution is 2.20. The fourth-order valence-electron chi connectivity index (χ4n) is 2.32. The van der Waals surface area contributed by atoms with Crippen LogP contribution in [0.3, 0.4) is 0 Å². The summed E-state index contributed by atoms with van der Waals surface area (Å²) in [5.41, 5.74) is 5.82. The zero-order valence-electron chi connectivity index (χ0n) is 11.2. The van der Waals surface area contributed by atoms with Crippen LogP contribution >= 0.6 is 11.6 Å². The van der Waals surface area contributed by atoms with Gasteiger partial charge in [0.2, 0.25) is 0 Å². The zero-order chi connectivity index (χ0) is 14.5. The molecule has 1 aliphatic rings. The number of aliphatic hydroxyl groups is 1. The molecule has 4 nitrogen and oxygen atoms in total. The van der Waals surface area contributed by atoms with Gasteiger partial charge in [-0.1, -0.05) is 11.6 Å². The molecule has 0 radical (unpaired) electrons. The van der Waals surface area contributed by atoms with Gasteiger partial charge in [-0.3, -0.25) is 0 Å². The van der Waals surface area contributed by atoms with E-state index in [0.29, 0.717) is 18.3 Å². The fraction of sp³-hybridized carbons (Fsp3) is 0.571. The van der Waals surface area contributed by atoms with E-state index in [1.54, 1.807) is 6.07 Å². The van der Waals surface area contributed by atoms with Gasteiger partial charge in [0, 0.05) is 24.7 Å². The van der Waals surface area contributed by atoms with E-state index in [2.05, 4.69) is 5.32 Å². The minimum Gasteiger partial charge on any atom is -0.491 e. The predicted molar refractivity (Wildman–Crippen MR) is 76.5 cm³/mol. The summed E-state index contributed by atoms with van der Waals surface area (Å²) in [6.07, 6.45) is 2.35. The molecule has 1 fully saturated rings. The van der Waals surface area contributed by atoms with Gasteiger partial charge in [-0.15, -0.1) is 0 Å². The molecule has 1 aliphatic carbocycles. The van der Waals surface area contributed by atoms with Crippen molar-refractivity contribution in [3.8, 4) is 5.75 Å². The smallest absolute Gasteiger partial charge is 0.145 e. The van der Waals surface area contributed by atoms with Crippen molar-refractivity contribution in [1.82, 2.24) is 5.32 Å². The number of ether oxygens (including phenoxy) is 1. The van der Waals surface area contributed by atoms with Crippen molar-refractivity contribution >= 4 is 11.6 Å². The molecule has 1 aromatic rings. The van der Waals surface area contributed by atoms with Crippen LogP contribution < -0.4 is 15.8 Å². The molecule has 1 aromatic carbocycles. The van der Waals surface area contributed by atoms with Gasteiger partial charge in [-0.2, -0.15) is 0 Å². The van der Waals surface area contributed by atoms with Gasteiger partial charge < -0.3 is 20.9 Å². The van der Waals surface area contributed by atoms with Crippen LogP contribution in [0.25, 0.3) is 0 Å². The Labute approximate surface area is 123 Å². The second kappa shape index (κ2) is 7.22. The molecule has 1 unspecified atom stereocenters. The highest BCUT2D eigenvalue weighted by molar-refractivity contribution is 6.30. The molecule has 112 valence electrons. The second-order valence-corrected chi connectivity index (χ2v) is 5.63. The van der Waals surface area contributed by atoms with Crippen LogP contribution in [0.1, 0.15) is 19.3 Å². The summed E-state index contributed by atoms with van der Waals surface area (Å²) < 4.78 is 18.5. The molecule has 0 aliphatic heterocycles. The maximum absolute atomic E-state index is 13.2. The number of benzene rings is 1. The van der Waals surface area contributed by atoms with E-state index in [1.807, 2.05) is 0 Å². The summed E-state index contributed by atoms with van der Waals surface area (Å²) in [6.45, 7) is 0.542. The Morgan fingerprint density at radius 3 is 2.95 bits per heavy atom. The lowest BCUT2D eigenvalue weighted by Gasteiger charge is -2.17. The quantitative estimate of drug-likeness (QED) is 0.748. The first-order valence-electron chi connectivity index (χ1n) is 6.79. The summed E-state index contributed by atoms with van der Waals surface area (Å²) in [7, 11) is 0. The summed E-state index contributed by atoms with van der Waals surface area (Å²) in [6, 6.07) is 4.84. The molecule has 0 spiro atoms. The maximum atomic E-state index is 13.2. The third-order valence-electron chi connectivity index (χ3n) is 3.45. The van der Waals surface area contributed by atoms with Gasteiger partial charge in [-0.05, 0) is 31.4 Å². The molecule has 2 rings (SSSR count). The van der Waals surface area contributed by atoms with E-state index < -0.39 is 11.9 Å². The molecule has 0 amide bonds. The molecule has 6 heteroatoms. The zero-order valence-corrected chi connectivity index (χ0v) is 11.9. The lowest BCUT2D eigenvalue weighted by molar-refractivity contribution is 0.103. The van der Waals surface area contributed by atoms with Crippen LogP contribution in [0.2, 0.25) is 5.02 Å². The second-order valence-electron chi connectivity index (χ2n) is 5.22. The Bertz CT molecular complexity index is 447. The summed E-state index contributed by atoms with van der Waals surface area (Å²) in [5, 5.41) is 13.1. The third-order valence-corrected chi connectivity index (χ3v) is 3.76. The van der Waals surface area contributed by atoms with Crippen molar-refractivity contribution in [2.45, 2.75) is 37.5 Å². The van der Waals surface area contributed by atoms with Crippen LogP contribution in [0.15, 0.2) is 18.2 Å².